The lowest BCUT2D eigenvalue weighted by Crippen LogP contribution is -2.26. The van der Waals surface area contributed by atoms with Crippen molar-refractivity contribution < 1.29 is 13.9 Å². The average Bonchev–Trinajstić information content (AvgIpc) is 3.02. The number of cyclic esters (lactones) is 1. The van der Waals surface area contributed by atoms with Crippen LogP contribution in [0.1, 0.15) is 18.4 Å². The number of aromatic nitrogens is 3. The molecule has 0 N–H and O–H groups in total. The Balaban J connectivity index is 1.53. The van der Waals surface area contributed by atoms with E-state index in [1.807, 2.05) is 0 Å². The van der Waals surface area contributed by atoms with Gasteiger partial charge in [0.25, 0.3) is 0 Å². The fourth-order valence-electron chi connectivity index (χ4n) is 2.99. The van der Waals surface area contributed by atoms with Gasteiger partial charge in [0.05, 0.1) is 36.5 Å². The molecule has 2 aliphatic rings. The van der Waals surface area contributed by atoms with Crippen molar-refractivity contribution in [2.45, 2.75) is 30.9 Å². The monoisotopic (exact) mass is 327 g/mol. The van der Waals surface area contributed by atoms with Crippen molar-refractivity contribution in [3.63, 3.8) is 0 Å². The fourth-order valence-corrected chi connectivity index (χ4v) is 2.99. The predicted octanol–water partition coefficient (Wildman–Crippen LogP) is 2.00. The number of ether oxygens (including phenoxy) is 1. The standard InChI is InChI=1S/C16H14FN5O2/c17-14-7-11(1-2-13(14)16(10-18)3-4-16)22-9-12(24-15(22)23)8-21-6-5-19-20-21/h1-2,5-7,12H,3-4,8-9H2. The molecular weight excluding hydrogens is 313 g/mol. The summed E-state index contributed by atoms with van der Waals surface area (Å²) in [5, 5.41) is 16.7. The third-order valence-electron chi connectivity index (χ3n) is 4.48. The molecule has 1 aliphatic heterocycles. The number of nitriles is 1. The van der Waals surface area contributed by atoms with Gasteiger partial charge in [-0.05, 0) is 25.0 Å². The Labute approximate surface area is 137 Å². The average molecular weight is 327 g/mol. The highest BCUT2D eigenvalue weighted by Gasteiger charge is 2.47. The minimum Gasteiger partial charge on any atom is -0.442 e. The molecule has 0 bridgehead atoms. The highest BCUT2D eigenvalue weighted by molar-refractivity contribution is 5.89. The Bertz CT molecular complexity index is 825. The van der Waals surface area contributed by atoms with Gasteiger partial charge in [0.1, 0.15) is 11.9 Å². The van der Waals surface area contributed by atoms with E-state index in [1.165, 1.54) is 11.0 Å². The first-order chi connectivity index (χ1) is 11.6. The van der Waals surface area contributed by atoms with Gasteiger partial charge in [-0.2, -0.15) is 5.26 Å². The maximum atomic E-state index is 14.4. The van der Waals surface area contributed by atoms with Crippen molar-refractivity contribution in [1.82, 2.24) is 15.0 Å². The van der Waals surface area contributed by atoms with Crippen LogP contribution < -0.4 is 4.90 Å². The van der Waals surface area contributed by atoms with E-state index in [1.54, 1.807) is 29.2 Å². The van der Waals surface area contributed by atoms with Crippen LogP contribution in [0.15, 0.2) is 30.6 Å². The van der Waals surface area contributed by atoms with Crippen molar-refractivity contribution in [1.29, 1.82) is 5.26 Å². The van der Waals surface area contributed by atoms with Crippen LogP contribution in [0, 0.1) is 17.1 Å². The molecule has 7 nitrogen and oxygen atoms in total. The molecule has 1 amide bonds. The highest BCUT2D eigenvalue weighted by Crippen LogP contribution is 2.48. The molecule has 1 saturated carbocycles. The number of nitrogens with zero attached hydrogens (tertiary/aromatic N) is 5. The Morgan fingerprint density at radius 3 is 2.92 bits per heavy atom. The van der Waals surface area contributed by atoms with Crippen LogP contribution in [0.25, 0.3) is 0 Å². The SMILES string of the molecule is N#CC1(c2ccc(N3CC(Cn4ccnn4)OC3=O)cc2F)CC1. The molecule has 2 aromatic rings. The molecular formula is C16H14FN5O2. The summed E-state index contributed by atoms with van der Waals surface area (Å²) in [5.74, 6) is -0.459. The van der Waals surface area contributed by atoms with Crippen LogP contribution in [0.2, 0.25) is 0 Å². The summed E-state index contributed by atoms with van der Waals surface area (Å²) >= 11 is 0. The molecule has 1 atom stereocenters. The third kappa shape index (κ3) is 2.38. The molecule has 2 heterocycles. The summed E-state index contributed by atoms with van der Waals surface area (Å²) in [5.41, 5.74) is 0.139. The second-order valence-electron chi connectivity index (χ2n) is 6.10. The molecule has 122 valence electrons. The molecule has 1 aromatic carbocycles. The van der Waals surface area contributed by atoms with Gasteiger partial charge in [-0.25, -0.2) is 13.9 Å². The summed E-state index contributed by atoms with van der Waals surface area (Å²) in [6.07, 6.45) is 3.68. The van der Waals surface area contributed by atoms with E-state index in [9.17, 15) is 14.4 Å². The van der Waals surface area contributed by atoms with Crippen LogP contribution >= 0.6 is 0 Å². The van der Waals surface area contributed by atoms with Crippen LogP contribution in [-0.4, -0.2) is 33.7 Å². The molecule has 1 aromatic heterocycles. The van der Waals surface area contributed by atoms with Crippen LogP contribution in [0.4, 0.5) is 14.9 Å². The zero-order valence-electron chi connectivity index (χ0n) is 12.7. The number of anilines is 1. The summed E-state index contributed by atoms with van der Waals surface area (Å²) in [6.45, 7) is 0.696. The van der Waals surface area contributed by atoms with Gasteiger partial charge < -0.3 is 4.74 Å². The second kappa shape index (κ2) is 5.30. The van der Waals surface area contributed by atoms with Gasteiger partial charge >= 0.3 is 6.09 Å². The molecule has 8 heteroatoms. The molecule has 1 aliphatic carbocycles. The van der Waals surface area contributed by atoms with E-state index < -0.39 is 17.3 Å². The van der Waals surface area contributed by atoms with Gasteiger partial charge in [-0.3, -0.25) is 4.90 Å². The quantitative estimate of drug-likeness (QED) is 0.857. The van der Waals surface area contributed by atoms with Crippen molar-refractivity contribution in [2.75, 3.05) is 11.4 Å². The molecule has 4 rings (SSSR count). The largest absolute Gasteiger partial charge is 0.442 e. The molecule has 1 unspecified atom stereocenters. The number of halogens is 1. The molecule has 0 radical (unpaired) electrons. The topological polar surface area (TPSA) is 84.0 Å². The number of rotatable bonds is 4. The molecule has 2 fully saturated rings. The number of carbonyl (C=O) groups excluding carboxylic acids is 1. The minimum atomic E-state index is -0.691. The van der Waals surface area contributed by atoms with Crippen molar-refractivity contribution in [3.05, 3.63) is 42.0 Å². The third-order valence-corrected chi connectivity index (χ3v) is 4.48. The highest BCUT2D eigenvalue weighted by atomic mass is 19.1. The zero-order valence-corrected chi connectivity index (χ0v) is 12.7. The Morgan fingerprint density at radius 2 is 2.29 bits per heavy atom. The summed E-state index contributed by atoms with van der Waals surface area (Å²) < 4.78 is 21.3. The van der Waals surface area contributed by atoms with Crippen LogP contribution in [0.5, 0.6) is 0 Å². The van der Waals surface area contributed by atoms with Crippen LogP contribution in [-0.2, 0) is 16.7 Å². The van der Waals surface area contributed by atoms with Crippen molar-refractivity contribution in [2.24, 2.45) is 0 Å². The van der Waals surface area contributed by atoms with E-state index >= 15 is 0 Å². The van der Waals surface area contributed by atoms with Gasteiger partial charge in [-0.1, -0.05) is 11.3 Å². The van der Waals surface area contributed by atoms with E-state index in [-0.39, 0.29) is 6.10 Å². The van der Waals surface area contributed by atoms with Gasteiger partial charge in [0.2, 0.25) is 0 Å². The summed E-state index contributed by atoms with van der Waals surface area (Å²) in [4.78, 5) is 13.4. The number of carbonyl (C=O) groups is 1. The lowest BCUT2D eigenvalue weighted by atomic mass is 9.97. The maximum absolute atomic E-state index is 14.4. The Morgan fingerprint density at radius 1 is 1.46 bits per heavy atom. The number of hydrogen-bond acceptors (Lipinski definition) is 5. The van der Waals surface area contributed by atoms with E-state index in [2.05, 4.69) is 16.4 Å². The molecule has 1 saturated heterocycles. The lowest BCUT2D eigenvalue weighted by Gasteiger charge is -2.15. The van der Waals surface area contributed by atoms with E-state index in [0.29, 0.717) is 37.2 Å². The maximum Gasteiger partial charge on any atom is 0.414 e. The van der Waals surface area contributed by atoms with E-state index in [4.69, 9.17) is 4.74 Å². The van der Waals surface area contributed by atoms with Crippen LogP contribution in [0.3, 0.4) is 0 Å². The predicted molar refractivity (Wildman–Crippen MR) is 80.6 cm³/mol. The lowest BCUT2D eigenvalue weighted by molar-refractivity contribution is 0.129. The van der Waals surface area contributed by atoms with Gasteiger partial charge in [-0.15, -0.1) is 5.10 Å². The number of amides is 1. The minimum absolute atomic E-state index is 0.306. The first kappa shape index (κ1) is 14.6. The Kier molecular flexibility index (Phi) is 3.23. The zero-order chi connectivity index (χ0) is 16.7. The second-order valence-corrected chi connectivity index (χ2v) is 6.10. The number of hydrogen-bond donors (Lipinski definition) is 0. The normalized spacial score (nSPS) is 21.4. The van der Waals surface area contributed by atoms with Crippen molar-refractivity contribution in [3.8, 4) is 6.07 Å². The molecule has 24 heavy (non-hydrogen) atoms. The number of benzene rings is 1. The first-order valence-corrected chi connectivity index (χ1v) is 7.65. The Hall–Kier alpha value is -2.95. The molecule has 0 spiro atoms. The summed E-state index contributed by atoms with van der Waals surface area (Å²) in [7, 11) is 0. The van der Waals surface area contributed by atoms with Gasteiger partial charge in [0, 0.05) is 11.8 Å². The fraction of sp³-hybridized carbons (Fsp3) is 0.375. The van der Waals surface area contributed by atoms with Gasteiger partial charge in [0.15, 0.2) is 0 Å². The smallest absolute Gasteiger partial charge is 0.414 e. The summed E-state index contributed by atoms with van der Waals surface area (Å²) in [6, 6.07) is 6.73. The van der Waals surface area contributed by atoms with E-state index in [0.717, 1.165) is 0 Å². The van der Waals surface area contributed by atoms with Crippen molar-refractivity contribution >= 4 is 11.8 Å². The first-order valence-electron chi connectivity index (χ1n) is 7.65.